The molecule has 2 rings (SSSR count). The highest BCUT2D eigenvalue weighted by molar-refractivity contribution is 5.77. The standard InChI is InChI=1S/C17H18O4/c1-2-21-17(20)16(19)15(18)14-11-7-6-10-13(14)12-8-4-3-5-9-12/h3-11,15-16,18-19H,2H2,1H3. The third-order valence-corrected chi connectivity index (χ3v) is 3.19. The van der Waals surface area contributed by atoms with Crippen LogP contribution in [0.3, 0.4) is 0 Å². The van der Waals surface area contributed by atoms with Gasteiger partial charge in [-0.3, -0.25) is 0 Å². The van der Waals surface area contributed by atoms with Crippen LogP contribution in [0, 0.1) is 0 Å². The number of esters is 1. The highest BCUT2D eigenvalue weighted by Gasteiger charge is 2.28. The van der Waals surface area contributed by atoms with E-state index in [1.807, 2.05) is 42.5 Å². The third-order valence-electron chi connectivity index (χ3n) is 3.19. The van der Waals surface area contributed by atoms with E-state index >= 15 is 0 Å². The van der Waals surface area contributed by atoms with E-state index in [1.165, 1.54) is 0 Å². The fourth-order valence-electron chi connectivity index (χ4n) is 2.16. The minimum Gasteiger partial charge on any atom is -0.464 e. The third kappa shape index (κ3) is 3.48. The molecule has 0 fully saturated rings. The lowest BCUT2D eigenvalue weighted by Gasteiger charge is -2.19. The van der Waals surface area contributed by atoms with Gasteiger partial charge < -0.3 is 14.9 Å². The number of rotatable bonds is 5. The van der Waals surface area contributed by atoms with Crippen LogP contribution in [-0.4, -0.2) is 28.9 Å². The van der Waals surface area contributed by atoms with Crippen molar-refractivity contribution in [3.8, 4) is 11.1 Å². The van der Waals surface area contributed by atoms with Gasteiger partial charge in [0, 0.05) is 0 Å². The highest BCUT2D eigenvalue weighted by Crippen LogP contribution is 2.30. The molecule has 0 aliphatic heterocycles. The molecular weight excluding hydrogens is 268 g/mol. The van der Waals surface area contributed by atoms with Crippen molar-refractivity contribution < 1.29 is 19.7 Å². The molecule has 0 aliphatic rings. The normalized spacial score (nSPS) is 13.5. The summed E-state index contributed by atoms with van der Waals surface area (Å²) in [4.78, 5) is 11.6. The summed E-state index contributed by atoms with van der Waals surface area (Å²) in [7, 11) is 0. The van der Waals surface area contributed by atoms with Gasteiger partial charge in [-0.05, 0) is 23.6 Å². The molecule has 0 aromatic heterocycles. The molecule has 0 spiro atoms. The summed E-state index contributed by atoms with van der Waals surface area (Å²) >= 11 is 0. The number of hydrogen-bond acceptors (Lipinski definition) is 4. The van der Waals surface area contributed by atoms with E-state index in [0.29, 0.717) is 5.56 Å². The Morgan fingerprint density at radius 3 is 2.33 bits per heavy atom. The summed E-state index contributed by atoms with van der Waals surface area (Å²) in [5.41, 5.74) is 2.17. The van der Waals surface area contributed by atoms with Crippen LogP contribution in [0.4, 0.5) is 0 Å². The summed E-state index contributed by atoms with van der Waals surface area (Å²) in [6.45, 7) is 1.80. The Bertz CT molecular complexity index is 595. The maximum atomic E-state index is 11.6. The Kier molecular flexibility index (Phi) is 5.09. The number of carbonyl (C=O) groups is 1. The van der Waals surface area contributed by atoms with Crippen LogP contribution in [0.25, 0.3) is 11.1 Å². The first-order chi connectivity index (χ1) is 10.1. The molecular formula is C17H18O4. The topological polar surface area (TPSA) is 66.8 Å². The van der Waals surface area contributed by atoms with Gasteiger partial charge in [-0.2, -0.15) is 0 Å². The molecule has 0 radical (unpaired) electrons. The highest BCUT2D eigenvalue weighted by atomic mass is 16.5. The number of aliphatic hydroxyl groups is 2. The molecule has 2 unspecified atom stereocenters. The molecule has 2 aromatic carbocycles. The van der Waals surface area contributed by atoms with Crippen molar-refractivity contribution in [2.75, 3.05) is 6.61 Å². The van der Waals surface area contributed by atoms with Gasteiger partial charge in [0.05, 0.1) is 6.61 Å². The van der Waals surface area contributed by atoms with Crippen LogP contribution in [0.15, 0.2) is 54.6 Å². The molecule has 0 aliphatic carbocycles. The predicted molar refractivity (Wildman–Crippen MR) is 79.5 cm³/mol. The second kappa shape index (κ2) is 7.02. The van der Waals surface area contributed by atoms with Gasteiger partial charge in [-0.25, -0.2) is 4.79 Å². The van der Waals surface area contributed by atoms with E-state index in [0.717, 1.165) is 11.1 Å². The van der Waals surface area contributed by atoms with Crippen LogP contribution in [-0.2, 0) is 9.53 Å². The average Bonchev–Trinajstić information content (AvgIpc) is 2.54. The molecule has 2 atom stereocenters. The van der Waals surface area contributed by atoms with E-state index in [9.17, 15) is 15.0 Å². The Labute approximate surface area is 123 Å². The maximum Gasteiger partial charge on any atom is 0.338 e. The van der Waals surface area contributed by atoms with Crippen LogP contribution in [0.5, 0.6) is 0 Å². The fourth-order valence-corrected chi connectivity index (χ4v) is 2.16. The first-order valence-corrected chi connectivity index (χ1v) is 6.82. The molecule has 4 heteroatoms. The second-order valence-corrected chi connectivity index (χ2v) is 4.59. The van der Waals surface area contributed by atoms with Gasteiger partial charge in [0.2, 0.25) is 0 Å². The number of hydrogen-bond donors (Lipinski definition) is 2. The molecule has 0 heterocycles. The summed E-state index contributed by atoms with van der Waals surface area (Å²) in [6.07, 6.45) is -2.93. The van der Waals surface area contributed by atoms with Gasteiger partial charge in [-0.15, -0.1) is 0 Å². The van der Waals surface area contributed by atoms with Crippen molar-refractivity contribution in [1.82, 2.24) is 0 Å². The second-order valence-electron chi connectivity index (χ2n) is 4.59. The predicted octanol–water partition coefficient (Wildman–Crippen LogP) is 2.31. The Morgan fingerprint density at radius 2 is 1.67 bits per heavy atom. The summed E-state index contributed by atoms with van der Waals surface area (Å²) < 4.78 is 4.74. The molecule has 4 nitrogen and oxygen atoms in total. The quantitative estimate of drug-likeness (QED) is 0.828. The fraction of sp³-hybridized carbons (Fsp3) is 0.235. The van der Waals surface area contributed by atoms with Crippen LogP contribution in [0.2, 0.25) is 0 Å². The van der Waals surface area contributed by atoms with Crippen molar-refractivity contribution >= 4 is 5.97 Å². The van der Waals surface area contributed by atoms with E-state index < -0.39 is 18.2 Å². The van der Waals surface area contributed by atoms with Crippen LogP contribution < -0.4 is 0 Å². The Hall–Kier alpha value is -2.17. The zero-order valence-corrected chi connectivity index (χ0v) is 11.8. The van der Waals surface area contributed by atoms with E-state index in [1.54, 1.807) is 19.1 Å². The average molecular weight is 286 g/mol. The number of carbonyl (C=O) groups excluding carboxylic acids is 1. The maximum absolute atomic E-state index is 11.6. The molecule has 2 N–H and O–H groups in total. The molecule has 2 aromatic rings. The van der Waals surface area contributed by atoms with E-state index in [-0.39, 0.29) is 6.61 Å². The van der Waals surface area contributed by atoms with Crippen LogP contribution in [0.1, 0.15) is 18.6 Å². The first kappa shape index (κ1) is 15.2. The minimum atomic E-state index is -1.60. The number of ether oxygens (including phenoxy) is 1. The monoisotopic (exact) mass is 286 g/mol. The summed E-state index contributed by atoms with van der Waals surface area (Å²) in [5, 5.41) is 20.2. The van der Waals surface area contributed by atoms with Crippen molar-refractivity contribution in [2.24, 2.45) is 0 Å². The van der Waals surface area contributed by atoms with Crippen molar-refractivity contribution in [2.45, 2.75) is 19.1 Å². The van der Waals surface area contributed by atoms with E-state index in [2.05, 4.69) is 0 Å². The van der Waals surface area contributed by atoms with Crippen molar-refractivity contribution in [3.05, 3.63) is 60.2 Å². The van der Waals surface area contributed by atoms with Crippen molar-refractivity contribution in [3.63, 3.8) is 0 Å². The lowest BCUT2D eigenvalue weighted by atomic mass is 9.94. The largest absolute Gasteiger partial charge is 0.464 e. The molecule has 0 saturated heterocycles. The zero-order chi connectivity index (χ0) is 15.2. The summed E-state index contributed by atoms with van der Waals surface area (Å²) in [6, 6.07) is 16.6. The number of aliphatic hydroxyl groups excluding tert-OH is 2. The smallest absolute Gasteiger partial charge is 0.338 e. The molecule has 110 valence electrons. The SMILES string of the molecule is CCOC(=O)C(O)C(O)c1ccccc1-c1ccccc1. The van der Waals surface area contributed by atoms with E-state index in [4.69, 9.17) is 4.74 Å². The molecule has 0 bridgehead atoms. The first-order valence-electron chi connectivity index (χ1n) is 6.82. The van der Waals surface area contributed by atoms with Gasteiger partial charge in [0.15, 0.2) is 6.10 Å². The zero-order valence-electron chi connectivity index (χ0n) is 11.8. The van der Waals surface area contributed by atoms with Gasteiger partial charge in [0.1, 0.15) is 6.10 Å². The minimum absolute atomic E-state index is 0.156. The molecule has 0 saturated carbocycles. The lowest BCUT2D eigenvalue weighted by Crippen LogP contribution is -2.30. The Morgan fingerprint density at radius 1 is 1.05 bits per heavy atom. The lowest BCUT2D eigenvalue weighted by molar-refractivity contribution is -0.159. The number of benzene rings is 2. The van der Waals surface area contributed by atoms with Gasteiger partial charge in [0.25, 0.3) is 0 Å². The summed E-state index contributed by atoms with van der Waals surface area (Å²) in [5.74, 6) is -0.826. The Balaban J connectivity index is 2.34. The van der Waals surface area contributed by atoms with Crippen molar-refractivity contribution in [1.29, 1.82) is 0 Å². The van der Waals surface area contributed by atoms with Gasteiger partial charge in [-0.1, -0.05) is 54.6 Å². The van der Waals surface area contributed by atoms with Crippen LogP contribution >= 0.6 is 0 Å². The van der Waals surface area contributed by atoms with Gasteiger partial charge >= 0.3 is 5.97 Å². The molecule has 0 amide bonds. The molecule has 21 heavy (non-hydrogen) atoms.